The summed E-state index contributed by atoms with van der Waals surface area (Å²) in [7, 11) is 0. The Morgan fingerprint density at radius 1 is 0.803 bits per heavy atom. The predicted octanol–water partition coefficient (Wildman–Crippen LogP) is -2.11. The summed E-state index contributed by atoms with van der Waals surface area (Å²) in [6.45, 7) is 8.68. The van der Waals surface area contributed by atoms with E-state index in [1.165, 1.54) is 53.4 Å². The average molecular weight is 997 g/mol. The Bertz CT molecular complexity index is 2830. The molecule has 0 spiro atoms. The van der Waals surface area contributed by atoms with Gasteiger partial charge in [0.1, 0.15) is 53.8 Å². The van der Waals surface area contributed by atoms with Gasteiger partial charge >= 0.3 is 71.0 Å². The molecule has 0 aliphatic carbocycles. The molecule has 4 aromatic carbocycles. The van der Waals surface area contributed by atoms with Crippen LogP contribution in [0.15, 0.2) is 109 Å². The summed E-state index contributed by atoms with van der Waals surface area (Å²) in [5.41, 5.74) is 0.122. The number of carbonyl (C=O) groups excluding carboxylic acids is 3. The molecule has 2 fully saturated rings. The number of nitrogens with zero attached hydrogens (tertiary/aromatic N) is 8. The summed E-state index contributed by atoms with van der Waals surface area (Å²) in [5, 5.41) is 31.1. The van der Waals surface area contributed by atoms with Gasteiger partial charge in [0.2, 0.25) is 6.29 Å². The molecule has 19 nitrogen and oxygen atoms in total. The van der Waals surface area contributed by atoms with E-state index in [0.717, 1.165) is 55.8 Å². The van der Waals surface area contributed by atoms with Crippen molar-refractivity contribution < 1.29 is 116 Å². The molecule has 0 radical (unpaired) electrons. The monoisotopic (exact) mass is 996 g/mol. The first kappa shape index (κ1) is 54.5. The summed E-state index contributed by atoms with van der Waals surface area (Å²) in [6.07, 6.45) is 1.86. The van der Waals surface area contributed by atoms with Crippen LogP contribution in [0.2, 0.25) is 0 Å². The van der Waals surface area contributed by atoms with Crippen molar-refractivity contribution in [3.63, 3.8) is 0 Å². The molecule has 4 heterocycles. The number of rotatable bonds is 18. The van der Waals surface area contributed by atoms with Gasteiger partial charge in [-0.25, -0.2) is 37.3 Å². The summed E-state index contributed by atoms with van der Waals surface area (Å²) in [5.74, 6) is -4.28. The second-order valence-corrected chi connectivity index (χ2v) is 16.8. The number of aromatic nitrogens is 6. The fourth-order valence-corrected chi connectivity index (χ4v) is 8.78. The van der Waals surface area contributed by atoms with Gasteiger partial charge in [0.25, 0.3) is 0 Å². The normalized spacial score (nSPS) is 17.8. The van der Waals surface area contributed by atoms with Crippen LogP contribution in [0.3, 0.4) is 0 Å². The number of carboxylic acid groups (broad SMARTS) is 2. The third kappa shape index (κ3) is 12.8. The predicted molar refractivity (Wildman–Crippen MR) is 238 cm³/mol. The first-order chi connectivity index (χ1) is 33.2. The van der Waals surface area contributed by atoms with Gasteiger partial charge in [-0.3, -0.25) is 0 Å². The molecule has 8 rings (SSSR count). The van der Waals surface area contributed by atoms with Crippen molar-refractivity contribution in [3.05, 3.63) is 143 Å². The Kier molecular flexibility index (Phi) is 18.5. The fourth-order valence-electron chi connectivity index (χ4n) is 8.78. The zero-order valence-corrected chi connectivity index (χ0v) is 43.8. The maximum Gasteiger partial charge on any atom is 1.00 e. The molecule has 0 saturated carbocycles. The molecule has 1 unspecified atom stereocenters. The van der Waals surface area contributed by atoms with Gasteiger partial charge < -0.3 is 53.3 Å². The Labute approximate surface area is 450 Å². The van der Waals surface area contributed by atoms with E-state index in [4.69, 9.17) is 23.7 Å². The van der Waals surface area contributed by atoms with Crippen molar-refractivity contribution in [1.82, 2.24) is 29.1 Å². The van der Waals surface area contributed by atoms with Crippen molar-refractivity contribution in [1.29, 1.82) is 0 Å². The minimum absolute atomic E-state index is 0. The van der Waals surface area contributed by atoms with Gasteiger partial charge in [0, 0.05) is 73.2 Å². The van der Waals surface area contributed by atoms with E-state index in [1.807, 2.05) is 55.5 Å². The first-order valence-corrected chi connectivity index (χ1v) is 22.2. The van der Waals surface area contributed by atoms with Crippen molar-refractivity contribution >= 4 is 29.5 Å². The van der Waals surface area contributed by atoms with Crippen molar-refractivity contribution in [2.45, 2.75) is 64.2 Å². The number of carboxylic acids is 2. The van der Waals surface area contributed by atoms with E-state index in [9.17, 15) is 33.8 Å². The minimum Gasteiger partial charge on any atom is -0.545 e. The van der Waals surface area contributed by atoms with E-state index in [0.29, 0.717) is 37.5 Å². The number of piperazine rings is 1. The minimum atomic E-state index is -1.76. The quantitative estimate of drug-likeness (QED) is 0.0511. The van der Waals surface area contributed by atoms with Crippen LogP contribution >= 0.6 is 0 Å². The Balaban J connectivity index is 0.00000413. The van der Waals surface area contributed by atoms with Crippen LogP contribution < -0.4 is 94.3 Å². The zero-order chi connectivity index (χ0) is 48.8. The van der Waals surface area contributed by atoms with Crippen molar-refractivity contribution in [2.24, 2.45) is 5.92 Å². The molecule has 71 heavy (non-hydrogen) atoms. The number of hydrogen-bond acceptors (Lipinski definition) is 16. The molecule has 2 aliphatic heterocycles. The fraction of sp³-hybridized carbons (Fsp3) is 0.354. The Hall–Kier alpha value is -5.81. The van der Waals surface area contributed by atoms with Crippen LogP contribution in [0, 0.1) is 17.6 Å². The van der Waals surface area contributed by atoms with Gasteiger partial charge in [0.05, 0.1) is 43.4 Å². The van der Waals surface area contributed by atoms with Crippen LogP contribution in [-0.4, -0.2) is 99.0 Å². The summed E-state index contributed by atoms with van der Waals surface area (Å²) in [4.78, 5) is 57.5. The smallest absolute Gasteiger partial charge is 0.545 e. The van der Waals surface area contributed by atoms with Crippen molar-refractivity contribution in [2.75, 3.05) is 49.2 Å². The van der Waals surface area contributed by atoms with Crippen LogP contribution in [0.5, 0.6) is 11.5 Å². The number of halogens is 2. The van der Waals surface area contributed by atoms with E-state index < -0.39 is 70.6 Å². The van der Waals surface area contributed by atoms with E-state index in [1.54, 1.807) is 11.6 Å². The first-order valence-electron chi connectivity index (χ1n) is 22.2. The third-order valence-corrected chi connectivity index (χ3v) is 12.2. The van der Waals surface area contributed by atoms with Crippen LogP contribution in [-0.2, 0) is 26.4 Å². The number of anilines is 2. The molecule has 5 atom stereocenters. The molecule has 0 bridgehead atoms. The molecule has 362 valence electrons. The second kappa shape index (κ2) is 24.1. The van der Waals surface area contributed by atoms with Crippen molar-refractivity contribution in [3.8, 4) is 17.2 Å². The van der Waals surface area contributed by atoms with Crippen LogP contribution in [0.25, 0.3) is 5.69 Å². The number of benzene rings is 4. The standard InChI is InChI=1S/C48H50F2N8O11.2Na/c1-4-43(30(2)67-47(64)69-31(3)68-38-14-15-39(44(59)60)40(22-38)45(61)62)58-46(63)57(29-53-58)36-8-6-34(7-9-36)54-17-19-55(20-18-54)35-10-12-37(13-11-35)65-24-32-23-48(66-25-32,26-56-28-51-27-52-56)41-16-5-33(49)21-42(41)50;;/h5-16,21-22,27-32,43H,4,17-20,23-26H2,1-3H3,(H,59,60)(H,61,62);;/q;2*+1/p-2/t30-,31?,32+,43-,48-;;/m0../s1. The maximum absolute atomic E-state index is 15.1. The molecule has 2 saturated heterocycles. The van der Waals surface area contributed by atoms with Gasteiger partial charge in [-0.2, -0.15) is 10.2 Å². The molecular weight excluding hydrogens is 949 g/mol. The maximum atomic E-state index is 15.1. The summed E-state index contributed by atoms with van der Waals surface area (Å²) < 4.78 is 61.6. The zero-order valence-electron chi connectivity index (χ0n) is 39.8. The van der Waals surface area contributed by atoms with E-state index >= 15 is 4.39 Å². The summed E-state index contributed by atoms with van der Waals surface area (Å²) >= 11 is 0. The number of carbonyl (C=O) groups is 3. The SMILES string of the molecule is CC[C@@H]([C@H](C)OC(=O)OC(C)Oc1ccc(C(=O)[O-])c(C(=O)[O-])c1)n1ncn(-c2ccc(N3CCN(c4ccc(OC[C@@H]5CO[C@@](Cn6cncn6)(c6ccc(F)cc6F)C5)cc4)CC3)cc2)c1=O.[Na+].[Na+]. The topological polar surface area (TPSA) is 220 Å². The number of hydrogen-bond donors (Lipinski definition) is 0. The van der Waals surface area contributed by atoms with Gasteiger partial charge in [-0.1, -0.05) is 13.0 Å². The van der Waals surface area contributed by atoms with Gasteiger partial charge in [-0.05, 0) is 92.6 Å². The average Bonchev–Trinajstić information content (AvgIpc) is 4.10. The largest absolute Gasteiger partial charge is 1.00 e. The van der Waals surface area contributed by atoms with Crippen LogP contribution in [0.4, 0.5) is 25.0 Å². The Morgan fingerprint density at radius 3 is 2.04 bits per heavy atom. The second-order valence-electron chi connectivity index (χ2n) is 16.8. The third-order valence-electron chi connectivity index (χ3n) is 12.2. The number of aromatic carboxylic acids is 2. The molecule has 2 aliphatic rings. The summed E-state index contributed by atoms with van der Waals surface area (Å²) in [6, 6.07) is 21.4. The molecule has 6 aromatic rings. The molecule has 0 N–H and O–H groups in total. The Morgan fingerprint density at radius 2 is 1.44 bits per heavy atom. The van der Waals surface area contributed by atoms with Gasteiger partial charge in [0.15, 0.2) is 0 Å². The van der Waals surface area contributed by atoms with Gasteiger partial charge in [-0.15, -0.1) is 0 Å². The number of ether oxygens (including phenoxy) is 5. The molecular formula is C48H48F2N8Na2O11. The molecule has 0 amide bonds. The van der Waals surface area contributed by atoms with Crippen LogP contribution in [0.1, 0.15) is 65.9 Å². The molecule has 2 aromatic heterocycles. The van der Waals surface area contributed by atoms with E-state index in [2.05, 4.69) is 25.0 Å². The molecule has 23 heteroatoms. The van der Waals surface area contributed by atoms with E-state index in [-0.39, 0.29) is 82.9 Å².